The van der Waals surface area contributed by atoms with Crippen molar-refractivity contribution in [3.8, 4) is 0 Å². The first-order valence-electron chi connectivity index (χ1n) is 8.38. The summed E-state index contributed by atoms with van der Waals surface area (Å²) < 4.78 is 5.49. The monoisotopic (exact) mass is 291 g/mol. The molecule has 21 heavy (non-hydrogen) atoms. The van der Waals surface area contributed by atoms with Gasteiger partial charge in [-0.3, -0.25) is 4.79 Å². The second-order valence-corrected chi connectivity index (χ2v) is 6.48. The second-order valence-electron chi connectivity index (χ2n) is 6.48. The number of aryl methyl sites for hydroxylation is 1. The van der Waals surface area contributed by atoms with Crippen LogP contribution in [-0.2, 0) is 16.8 Å². The summed E-state index contributed by atoms with van der Waals surface area (Å²) in [4.78, 5) is 17.1. The molecule has 0 atom stereocenters. The maximum atomic E-state index is 12.6. The number of hydrogen-bond donors (Lipinski definition) is 1. The van der Waals surface area contributed by atoms with E-state index in [0.717, 1.165) is 50.8 Å². The van der Waals surface area contributed by atoms with E-state index in [1.165, 1.54) is 19.3 Å². The maximum Gasteiger partial charge on any atom is 0.252 e. The smallest absolute Gasteiger partial charge is 0.252 e. The molecule has 2 aliphatic carbocycles. The summed E-state index contributed by atoms with van der Waals surface area (Å²) in [5.41, 5.74) is -0.418. The van der Waals surface area contributed by atoms with Crippen LogP contribution in [0, 0.1) is 5.92 Å². The molecule has 1 aromatic heterocycles. The molecule has 2 fully saturated rings. The Bertz CT molecular complexity index is 485. The lowest BCUT2D eigenvalue weighted by atomic mass is 9.81. The van der Waals surface area contributed by atoms with Gasteiger partial charge >= 0.3 is 0 Å². The fourth-order valence-electron chi connectivity index (χ4n) is 3.67. The summed E-state index contributed by atoms with van der Waals surface area (Å²) in [6.45, 7) is 2.01. The predicted octanol–water partition coefficient (Wildman–Crippen LogP) is 3.10. The summed E-state index contributed by atoms with van der Waals surface area (Å²) in [5.74, 6) is 1.71. The van der Waals surface area contributed by atoms with Crippen LogP contribution in [0.15, 0.2) is 4.52 Å². The van der Waals surface area contributed by atoms with E-state index in [4.69, 9.17) is 4.52 Å². The molecular formula is C16H25N3O2. The van der Waals surface area contributed by atoms with Crippen LogP contribution >= 0.6 is 0 Å². The fraction of sp³-hybridized carbons (Fsp3) is 0.812. The Labute approximate surface area is 125 Å². The average molecular weight is 291 g/mol. The molecule has 5 heteroatoms. The average Bonchev–Trinajstić information content (AvgIpc) is 3.20. The van der Waals surface area contributed by atoms with E-state index in [-0.39, 0.29) is 11.8 Å². The van der Waals surface area contributed by atoms with Crippen LogP contribution in [-0.4, -0.2) is 16.0 Å². The van der Waals surface area contributed by atoms with Crippen molar-refractivity contribution in [1.29, 1.82) is 0 Å². The summed E-state index contributed by atoms with van der Waals surface area (Å²) in [6.07, 6.45) is 10.4. The number of hydrogen-bond acceptors (Lipinski definition) is 4. The Morgan fingerprint density at radius 2 is 1.95 bits per heavy atom. The third kappa shape index (κ3) is 2.97. The van der Waals surface area contributed by atoms with Crippen molar-refractivity contribution in [3.05, 3.63) is 11.7 Å². The van der Waals surface area contributed by atoms with Gasteiger partial charge in [0, 0.05) is 12.3 Å². The number of nitrogens with zero attached hydrogens (tertiary/aromatic N) is 2. The summed E-state index contributed by atoms with van der Waals surface area (Å²) in [6, 6.07) is 0. The third-order valence-corrected chi connectivity index (χ3v) is 4.99. The first-order valence-corrected chi connectivity index (χ1v) is 8.38. The van der Waals surface area contributed by atoms with Gasteiger partial charge in [-0.25, -0.2) is 0 Å². The quantitative estimate of drug-likeness (QED) is 0.925. The van der Waals surface area contributed by atoms with Gasteiger partial charge in [0.15, 0.2) is 5.82 Å². The first kappa shape index (κ1) is 14.5. The lowest BCUT2D eigenvalue weighted by Gasteiger charge is -2.35. The minimum absolute atomic E-state index is 0.178. The molecule has 2 saturated carbocycles. The van der Waals surface area contributed by atoms with Crippen LogP contribution in [0.5, 0.6) is 0 Å². The van der Waals surface area contributed by atoms with Crippen molar-refractivity contribution < 1.29 is 9.32 Å². The van der Waals surface area contributed by atoms with Gasteiger partial charge in [0.1, 0.15) is 5.54 Å². The molecule has 0 bridgehead atoms. The van der Waals surface area contributed by atoms with E-state index < -0.39 is 5.54 Å². The number of carbonyl (C=O) groups is 1. The molecule has 1 amide bonds. The molecule has 1 heterocycles. The van der Waals surface area contributed by atoms with Crippen molar-refractivity contribution in [1.82, 2.24) is 15.5 Å². The third-order valence-electron chi connectivity index (χ3n) is 4.99. The van der Waals surface area contributed by atoms with Gasteiger partial charge < -0.3 is 9.84 Å². The molecular weight excluding hydrogens is 266 g/mol. The number of aromatic nitrogens is 2. The molecule has 1 N–H and O–H groups in total. The largest absolute Gasteiger partial charge is 0.341 e. The SMILES string of the molecule is CCc1noc(C2(NC(=O)C3CCCC3)CCCCC2)n1. The molecule has 5 nitrogen and oxygen atoms in total. The minimum atomic E-state index is -0.418. The normalized spacial score (nSPS) is 22.3. The zero-order valence-electron chi connectivity index (χ0n) is 12.9. The number of nitrogens with one attached hydrogen (secondary N) is 1. The van der Waals surface area contributed by atoms with Crippen LogP contribution in [0.1, 0.15) is 76.4 Å². The first-order chi connectivity index (χ1) is 10.2. The summed E-state index contributed by atoms with van der Waals surface area (Å²) in [5, 5.41) is 7.32. The highest BCUT2D eigenvalue weighted by Gasteiger charge is 2.41. The zero-order chi connectivity index (χ0) is 14.7. The molecule has 0 saturated heterocycles. The van der Waals surface area contributed by atoms with Crippen molar-refractivity contribution in [3.63, 3.8) is 0 Å². The van der Waals surface area contributed by atoms with E-state index in [9.17, 15) is 4.79 Å². The van der Waals surface area contributed by atoms with E-state index in [1.54, 1.807) is 0 Å². The summed E-state index contributed by atoms with van der Waals surface area (Å²) >= 11 is 0. The minimum Gasteiger partial charge on any atom is -0.341 e. The highest BCUT2D eigenvalue weighted by Crippen LogP contribution is 2.37. The van der Waals surface area contributed by atoms with Crippen molar-refractivity contribution in [2.45, 2.75) is 76.7 Å². The van der Waals surface area contributed by atoms with Crippen LogP contribution in [0.2, 0.25) is 0 Å². The van der Waals surface area contributed by atoms with E-state index in [2.05, 4.69) is 15.5 Å². The molecule has 3 rings (SSSR count). The van der Waals surface area contributed by atoms with E-state index >= 15 is 0 Å². The lowest BCUT2D eigenvalue weighted by molar-refractivity contribution is -0.127. The summed E-state index contributed by atoms with van der Waals surface area (Å²) in [7, 11) is 0. The Morgan fingerprint density at radius 3 is 2.57 bits per heavy atom. The molecule has 0 spiro atoms. The molecule has 0 aliphatic heterocycles. The second kappa shape index (κ2) is 6.16. The molecule has 0 unspecified atom stereocenters. The number of rotatable bonds is 4. The molecule has 0 radical (unpaired) electrons. The van der Waals surface area contributed by atoms with Crippen molar-refractivity contribution >= 4 is 5.91 Å². The van der Waals surface area contributed by atoms with Gasteiger partial charge in [0.2, 0.25) is 5.91 Å². The topological polar surface area (TPSA) is 68.0 Å². The van der Waals surface area contributed by atoms with Crippen LogP contribution in [0.4, 0.5) is 0 Å². The Kier molecular flexibility index (Phi) is 4.27. The lowest BCUT2D eigenvalue weighted by Crippen LogP contribution is -2.49. The van der Waals surface area contributed by atoms with E-state index in [1.807, 2.05) is 6.92 Å². The van der Waals surface area contributed by atoms with Gasteiger partial charge in [-0.05, 0) is 25.7 Å². The fourth-order valence-corrected chi connectivity index (χ4v) is 3.67. The highest BCUT2D eigenvalue weighted by molar-refractivity contribution is 5.79. The van der Waals surface area contributed by atoms with Crippen molar-refractivity contribution in [2.24, 2.45) is 5.92 Å². The standard InChI is InChI=1S/C16H25N3O2/c1-2-13-17-15(21-19-13)16(10-6-3-7-11-16)18-14(20)12-8-4-5-9-12/h12H,2-11H2,1H3,(H,18,20). The Balaban J connectivity index is 1.80. The number of amides is 1. The van der Waals surface area contributed by atoms with E-state index in [0.29, 0.717) is 5.89 Å². The van der Waals surface area contributed by atoms with Crippen molar-refractivity contribution in [2.75, 3.05) is 0 Å². The van der Waals surface area contributed by atoms with Gasteiger partial charge in [-0.1, -0.05) is 44.2 Å². The zero-order valence-corrected chi connectivity index (χ0v) is 12.9. The van der Waals surface area contributed by atoms with Gasteiger partial charge in [0.05, 0.1) is 0 Å². The van der Waals surface area contributed by atoms with Crippen LogP contribution < -0.4 is 5.32 Å². The predicted molar refractivity (Wildman–Crippen MR) is 78.5 cm³/mol. The molecule has 116 valence electrons. The Hall–Kier alpha value is -1.39. The van der Waals surface area contributed by atoms with Crippen LogP contribution in [0.25, 0.3) is 0 Å². The number of carbonyl (C=O) groups excluding carboxylic acids is 1. The van der Waals surface area contributed by atoms with Gasteiger partial charge in [0.25, 0.3) is 5.89 Å². The van der Waals surface area contributed by atoms with Gasteiger partial charge in [-0.2, -0.15) is 4.98 Å². The van der Waals surface area contributed by atoms with Crippen LogP contribution in [0.3, 0.4) is 0 Å². The molecule has 2 aliphatic rings. The molecule has 1 aromatic rings. The van der Waals surface area contributed by atoms with Gasteiger partial charge in [-0.15, -0.1) is 0 Å². The Morgan fingerprint density at radius 1 is 1.24 bits per heavy atom. The highest BCUT2D eigenvalue weighted by atomic mass is 16.5. The maximum absolute atomic E-state index is 12.6. The molecule has 0 aromatic carbocycles.